The van der Waals surface area contributed by atoms with E-state index in [1.165, 1.54) is 6.20 Å². The zero-order valence-corrected chi connectivity index (χ0v) is 12.2. The fourth-order valence-electron chi connectivity index (χ4n) is 1.83. The summed E-state index contributed by atoms with van der Waals surface area (Å²) < 4.78 is 59.7. The summed E-state index contributed by atoms with van der Waals surface area (Å²) >= 11 is 0. The molecular weight excluding hydrogens is 342 g/mol. The number of nitrogens with zero attached hydrogens (tertiary/aromatic N) is 3. The number of pyridine rings is 1. The lowest BCUT2D eigenvalue weighted by Crippen LogP contribution is -2.17. The highest BCUT2D eigenvalue weighted by molar-refractivity contribution is 5.62. The van der Waals surface area contributed by atoms with E-state index in [-0.39, 0.29) is 17.3 Å². The lowest BCUT2D eigenvalue weighted by Gasteiger charge is -2.11. The summed E-state index contributed by atoms with van der Waals surface area (Å²) in [6, 6.07) is 5.82. The third kappa shape index (κ3) is 4.32. The number of benzene rings is 1. The van der Waals surface area contributed by atoms with Gasteiger partial charge in [-0.05, 0) is 36.3 Å². The van der Waals surface area contributed by atoms with Gasteiger partial charge in [0.15, 0.2) is 0 Å². The number of hydrogen-bond donors (Lipinski definition) is 0. The van der Waals surface area contributed by atoms with Gasteiger partial charge in [0.2, 0.25) is 0 Å². The lowest BCUT2D eigenvalue weighted by atomic mass is 10.2. The SMILES string of the molecule is Fc1ccc(OC(F)(F)F)c(-c2nnc(C#Cc3cccnc3)o2)c1. The zero-order chi connectivity index (χ0) is 17.9. The van der Waals surface area contributed by atoms with Crippen LogP contribution in [0, 0.1) is 17.7 Å². The molecule has 25 heavy (non-hydrogen) atoms. The summed E-state index contributed by atoms with van der Waals surface area (Å²) in [6.07, 6.45) is -1.87. The van der Waals surface area contributed by atoms with Crippen LogP contribution in [0.25, 0.3) is 11.5 Å². The van der Waals surface area contributed by atoms with E-state index in [4.69, 9.17) is 4.42 Å². The van der Waals surface area contributed by atoms with E-state index < -0.39 is 17.9 Å². The highest BCUT2D eigenvalue weighted by Crippen LogP contribution is 2.33. The van der Waals surface area contributed by atoms with Crippen LogP contribution < -0.4 is 4.74 Å². The van der Waals surface area contributed by atoms with Gasteiger partial charge in [-0.2, -0.15) is 0 Å². The smallest absolute Gasteiger partial charge is 0.410 e. The summed E-state index contributed by atoms with van der Waals surface area (Å²) in [4.78, 5) is 3.87. The van der Waals surface area contributed by atoms with Crippen LogP contribution in [-0.2, 0) is 0 Å². The molecule has 1 aromatic carbocycles. The Morgan fingerprint density at radius 1 is 1.08 bits per heavy atom. The van der Waals surface area contributed by atoms with Crippen LogP contribution in [0.1, 0.15) is 11.5 Å². The van der Waals surface area contributed by atoms with Crippen molar-refractivity contribution >= 4 is 0 Å². The first-order valence-corrected chi connectivity index (χ1v) is 6.72. The van der Waals surface area contributed by atoms with Crippen molar-refractivity contribution in [3.63, 3.8) is 0 Å². The molecule has 2 heterocycles. The van der Waals surface area contributed by atoms with Crippen LogP contribution in [0.4, 0.5) is 17.6 Å². The van der Waals surface area contributed by atoms with E-state index in [0.717, 1.165) is 18.2 Å². The van der Waals surface area contributed by atoms with Gasteiger partial charge in [0.25, 0.3) is 11.8 Å². The molecule has 0 fully saturated rings. The summed E-state index contributed by atoms with van der Waals surface area (Å²) in [6.45, 7) is 0. The number of ether oxygens (including phenoxy) is 1. The van der Waals surface area contributed by atoms with Crippen LogP contribution in [-0.4, -0.2) is 21.5 Å². The van der Waals surface area contributed by atoms with Gasteiger partial charge in [0, 0.05) is 18.0 Å². The third-order valence-corrected chi connectivity index (χ3v) is 2.80. The van der Waals surface area contributed by atoms with Gasteiger partial charge in [-0.3, -0.25) is 4.98 Å². The van der Waals surface area contributed by atoms with Gasteiger partial charge >= 0.3 is 6.36 Å². The largest absolute Gasteiger partial charge is 0.573 e. The van der Waals surface area contributed by atoms with Crippen LogP contribution in [0.3, 0.4) is 0 Å². The normalized spacial score (nSPS) is 10.9. The Labute approximate surface area is 138 Å². The molecule has 3 aromatic rings. The molecule has 0 saturated heterocycles. The zero-order valence-electron chi connectivity index (χ0n) is 12.2. The molecule has 3 rings (SSSR count). The molecule has 0 N–H and O–H groups in total. The second-order valence-electron chi connectivity index (χ2n) is 4.59. The lowest BCUT2D eigenvalue weighted by molar-refractivity contribution is -0.274. The highest BCUT2D eigenvalue weighted by atomic mass is 19.4. The van der Waals surface area contributed by atoms with Crippen molar-refractivity contribution in [2.24, 2.45) is 0 Å². The molecular formula is C16H7F4N3O2. The summed E-state index contributed by atoms with van der Waals surface area (Å²) in [5.41, 5.74) is 0.244. The van der Waals surface area contributed by atoms with Crippen molar-refractivity contribution in [1.29, 1.82) is 0 Å². The molecule has 0 aliphatic carbocycles. The van der Waals surface area contributed by atoms with Crippen LogP contribution >= 0.6 is 0 Å². The first kappa shape index (κ1) is 16.4. The van der Waals surface area contributed by atoms with E-state index in [1.807, 2.05) is 0 Å². The van der Waals surface area contributed by atoms with E-state index in [0.29, 0.717) is 5.56 Å². The molecule has 5 nitrogen and oxygen atoms in total. The quantitative estimate of drug-likeness (QED) is 0.523. The first-order valence-electron chi connectivity index (χ1n) is 6.72. The summed E-state index contributed by atoms with van der Waals surface area (Å²) in [5, 5.41) is 7.19. The summed E-state index contributed by atoms with van der Waals surface area (Å²) in [7, 11) is 0. The molecule has 0 amide bonds. The van der Waals surface area contributed by atoms with Crippen LogP contribution in [0.5, 0.6) is 5.75 Å². The van der Waals surface area contributed by atoms with E-state index in [9.17, 15) is 17.6 Å². The van der Waals surface area contributed by atoms with Crippen molar-refractivity contribution in [2.75, 3.05) is 0 Å². The standard InChI is InChI=1S/C16H7F4N3O2/c17-11-4-5-13(25-16(18,19)20)12(8-11)15-23-22-14(24-15)6-3-10-2-1-7-21-9-10/h1-2,4-5,7-9H. The minimum absolute atomic E-state index is 0.152. The Hall–Kier alpha value is -3.41. The average molecular weight is 349 g/mol. The van der Waals surface area contributed by atoms with Crippen LogP contribution in [0.2, 0.25) is 0 Å². The second kappa shape index (κ2) is 6.60. The van der Waals surface area contributed by atoms with Crippen molar-refractivity contribution in [3.8, 4) is 29.0 Å². The minimum Gasteiger partial charge on any atom is -0.410 e. The molecule has 9 heteroatoms. The molecule has 0 aliphatic heterocycles. The minimum atomic E-state index is -4.95. The molecule has 0 spiro atoms. The number of aromatic nitrogens is 3. The number of hydrogen-bond acceptors (Lipinski definition) is 5. The Balaban J connectivity index is 1.92. The van der Waals surface area contributed by atoms with Gasteiger partial charge in [-0.15, -0.1) is 18.3 Å². The average Bonchev–Trinajstić information content (AvgIpc) is 3.03. The topological polar surface area (TPSA) is 61.0 Å². The van der Waals surface area contributed by atoms with E-state index in [1.54, 1.807) is 18.3 Å². The third-order valence-electron chi connectivity index (χ3n) is 2.80. The number of alkyl halides is 3. The Kier molecular flexibility index (Phi) is 4.35. The predicted octanol–water partition coefficient (Wildman–Crippen LogP) is 3.57. The van der Waals surface area contributed by atoms with Crippen molar-refractivity contribution in [2.45, 2.75) is 6.36 Å². The maximum Gasteiger partial charge on any atom is 0.573 e. The van der Waals surface area contributed by atoms with Gasteiger partial charge in [0.05, 0.1) is 5.56 Å². The first-order chi connectivity index (χ1) is 11.9. The fraction of sp³-hybridized carbons (Fsp3) is 0.0625. The molecule has 0 aliphatic rings. The molecule has 0 radical (unpaired) electrons. The maximum absolute atomic E-state index is 13.4. The predicted molar refractivity (Wildman–Crippen MR) is 76.6 cm³/mol. The van der Waals surface area contributed by atoms with Crippen molar-refractivity contribution in [3.05, 3.63) is 60.0 Å². The summed E-state index contributed by atoms with van der Waals surface area (Å²) in [5.74, 6) is 3.29. The monoisotopic (exact) mass is 349 g/mol. The van der Waals surface area contributed by atoms with E-state index >= 15 is 0 Å². The van der Waals surface area contributed by atoms with E-state index in [2.05, 4.69) is 31.8 Å². The Morgan fingerprint density at radius 3 is 2.64 bits per heavy atom. The maximum atomic E-state index is 13.4. The second-order valence-corrected chi connectivity index (χ2v) is 4.59. The van der Waals surface area contributed by atoms with Crippen molar-refractivity contribution < 1.29 is 26.7 Å². The van der Waals surface area contributed by atoms with Gasteiger partial charge in [0.1, 0.15) is 11.6 Å². The Bertz CT molecular complexity index is 943. The highest BCUT2D eigenvalue weighted by Gasteiger charge is 2.33. The number of rotatable bonds is 2. The van der Waals surface area contributed by atoms with Gasteiger partial charge in [-0.25, -0.2) is 4.39 Å². The van der Waals surface area contributed by atoms with Crippen molar-refractivity contribution in [1.82, 2.24) is 15.2 Å². The van der Waals surface area contributed by atoms with Crippen LogP contribution in [0.15, 0.2) is 47.1 Å². The molecule has 0 unspecified atom stereocenters. The molecule has 2 aromatic heterocycles. The number of halogens is 4. The molecule has 0 atom stereocenters. The van der Waals surface area contributed by atoms with Gasteiger partial charge in [-0.1, -0.05) is 11.0 Å². The molecule has 0 saturated carbocycles. The molecule has 126 valence electrons. The Morgan fingerprint density at radius 2 is 1.92 bits per heavy atom. The van der Waals surface area contributed by atoms with Gasteiger partial charge < -0.3 is 9.15 Å². The molecule has 0 bridgehead atoms. The fourth-order valence-corrected chi connectivity index (χ4v) is 1.83.